The Kier molecular flexibility index (Phi) is 3.34. The predicted molar refractivity (Wildman–Crippen MR) is 78.1 cm³/mol. The SMILES string of the molecule is CCc1cccc(CC)c1NC(=O)C1CC2CC2C1. The standard InChI is InChI=1S/C17H23NO/c1-3-11-6-5-7-12(4-2)16(11)18-17(19)15-9-13-8-14(13)10-15/h5-7,13-15H,3-4,8-10H2,1-2H3,(H,18,19). The molecule has 1 aromatic carbocycles. The fourth-order valence-electron chi connectivity index (χ4n) is 3.56. The summed E-state index contributed by atoms with van der Waals surface area (Å²) in [5.41, 5.74) is 3.60. The first kappa shape index (κ1) is 12.7. The normalized spacial score (nSPS) is 28.0. The fraction of sp³-hybridized carbons (Fsp3) is 0.588. The Morgan fingerprint density at radius 1 is 1.11 bits per heavy atom. The Morgan fingerprint density at radius 3 is 2.21 bits per heavy atom. The van der Waals surface area contributed by atoms with E-state index in [0.717, 1.165) is 43.2 Å². The fourth-order valence-corrected chi connectivity index (χ4v) is 3.56. The maximum Gasteiger partial charge on any atom is 0.227 e. The molecule has 0 bridgehead atoms. The second-order valence-electron chi connectivity index (χ2n) is 6.07. The lowest BCUT2D eigenvalue weighted by Gasteiger charge is -2.17. The highest BCUT2D eigenvalue weighted by molar-refractivity contribution is 5.94. The minimum absolute atomic E-state index is 0.253. The minimum Gasteiger partial charge on any atom is -0.325 e. The quantitative estimate of drug-likeness (QED) is 0.873. The van der Waals surface area contributed by atoms with Crippen molar-refractivity contribution < 1.29 is 4.79 Å². The van der Waals surface area contributed by atoms with E-state index in [1.165, 1.54) is 17.5 Å². The summed E-state index contributed by atoms with van der Waals surface area (Å²) in [4.78, 5) is 12.4. The molecule has 1 aromatic rings. The van der Waals surface area contributed by atoms with E-state index in [1.54, 1.807) is 0 Å². The van der Waals surface area contributed by atoms with Crippen LogP contribution in [0.3, 0.4) is 0 Å². The largest absolute Gasteiger partial charge is 0.325 e. The van der Waals surface area contributed by atoms with Crippen LogP contribution in [-0.2, 0) is 17.6 Å². The number of rotatable bonds is 4. The number of hydrogen-bond acceptors (Lipinski definition) is 1. The number of fused-ring (bicyclic) bond motifs is 1. The number of hydrogen-bond donors (Lipinski definition) is 1. The van der Waals surface area contributed by atoms with E-state index in [4.69, 9.17) is 0 Å². The van der Waals surface area contributed by atoms with Crippen LogP contribution in [0.5, 0.6) is 0 Å². The van der Waals surface area contributed by atoms with Crippen LogP contribution in [-0.4, -0.2) is 5.91 Å². The molecule has 0 spiro atoms. The number of carbonyl (C=O) groups excluding carboxylic acids is 1. The molecule has 2 unspecified atom stereocenters. The van der Waals surface area contributed by atoms with E-state index in [2.05, 4.69) is 37.4 Å². The zero-order valence-corrected chi connectivity index (χ0v) is 11.9. The second-order valence-corrected chi connectivity index (χ2v) is 6.07. The van der Waals surface area contributed by atoms with Crippen molar-refractivity contribution in [3.63, 3.8) is 0 Å². The molecular formula is C17H23NO. The molecule has 2 saturated carbocycles. The molecule has 0 radical (unpaired) electrons. The van der Waals surface area contributed by atoms with E-state index in [-0.39, 0.29) is 11.8 Å². The van der Waals surface area contributed by atoms with Gasteiger partial charge in [0.05, 0.1) is 0 Å². The van der Waals surface area contributed by atoms with Gasteiger partial charge in [-0.25, -0.2) is 0 Å². The minimum atomic E-state index is 0.253. The molecular weight excluding hydrogens is 234 g/mol. The molecule has 2 aliphatic carbocycles. The molecule has 102 valence electrons. The lowest BCUT2D eigenvalue weighted by Crippen LogP contribution is -2.23. The van der Waals surface area contributed by atoms with Crippen molar-refractivity contribution in [3.05, 3.63) is 29.3 Å². The molecule has 3 rings (SSSR count). The van der Waals surface area contributed by atoms with Crippen molar-refractivity contribution in [1.29, 1.82) is 0 Å². The number of anilines is 1. The van der Waals surface area contributed by atoms with Gasteiger partial charge in [0.1, 0.15) is 0 Å². The van der Waals surface area contributed by atoms with Crippen LogP contribution in [0.2, 0.25) is 0 Å². The molecule has 2 fully saturated rings. The van der Waals surface area contributed by atoms with Crippen molar-refractivity contribution in [3.8, 4) is 0 Å². The van der Waals surface area contributed by atoms with Gasteiger partial charge >= 0.3 is 0 Å². The Labute approximate surface area is 115 Å². The van der Waals surface area contributed by atoms with E-state index in [9.17, 15) is 4.79 Å². The Morgan fingerprint density at radius 2 is 1.68 bits per heavy atom. The lowest BCUT2D eigenvalue weighted by molar-refractivity contribution is -0.120. The molecule has 0 heterocycles. The highest BCUT2D eigenvalue weighted by Gasteiger charge is 2.48. The average Bonchev–Trinajstić information content (AvgIpc) is 3.05. The van der Waals surface area contributed by atoms with Crippen LogP contribution in [0.1, 0.15) is 44.2 Å². The number of carbonyl (C=O) groups is 1. The van der Waals surface area contributed by atoms with Crippen LogP contribution < -0.4 is 5.32 Å². The number of amides is 1. The third-order valence-electron chi connectivity index (χ3n) is 4.86. The van der Waals surface area contributed by atoms with Crippen LogP contribution in [0.4, 0.5) is 5.69 Å². The third-order valence-corrected chi connectivity index (χ3v) is 4.86. The summed E-state index contributed by atoms with van der Waals surface area (Å²) in [6.07, 6.45) is 5.55. The van der Waals surface area contributed by atoms with Crippen molar-refractivity contribution in [2.45, 2.75) is 46.0 Å². The summed E-state index contributed by atoms with van der Waals surface area (Å²) in [7, 11) is 0. The zero-order chi connectivity index (χ0) is 13.4. The van der Waals surface area contributed by atoms with Gasteiger partial charge in [0, 0.05) is 11.6 Å². The number of nitrogens with one attached hydrogen (secondary N) is 1. The number of aryl methyl sites for hydroxylation is 2. The highest BCUT2D eigenvalue weighted by atomic mass is 16.1. The monoisotopic (exact) mass is 257 g/mol. The van der Waals surface area contributed by atoms with E-state index < -0.39 is 0 Å². The molecule has 2 heteroatoms. The van der Waals surface area contributed by atoms with E-state index in [1.807, 2.05) is 0 Å². The molecule has 0 aliphatic heterocycles. The molecule has 0 aromatic heterocycles. The third kappa shape index (κ3) is 2.41. The second kappa shape index (κ2) is 4.99. The number of benzene rings is 1. The average molecular weight is 257 g/mol. The number of para-hydroxylation sites is 1. The molecule has 19 heavy (non-hydrogen) atoms. The van der Waals surface area contributed by atoms with Gasteiger partial charge in [0.15, 0.2) is 0 Å². The van der Waals surface area contributed by atoms with Gasteiger partial charge in [0.25, 0.3) is 0 Å². The molecule has 0 saturated heterocycles. The van der Waals surface area contributed by atoms with Crippen LogP contribution in [0.25, 0.3) is 0 Å². The first-order valence-electron chi connectivity index (χ1n) is 7.64. The first-order chi connectivity index (χ1) is 9.22. The van der Waals surface area contributed by atoms with Crippen molar-refractivity contribution in [2.24, 2.45) is 17.8 Å². The van der Waals surface area contributed by atoms with Gasteiger partial charge in [0.2, 0.25) is 5.91 Å². The summed E-state index contributed by atoms with van der Waals surface area (Å²) in [5, 5.41) is 3.23. The molecule has 1 amide bonds. The molecule has 1 N–H and O–H groups in total. The topological polar surface area (TPSA) is 29.1 Å². The van der Waals surface area contributed by atoms with Crippen LogP contribution in [0, 0.1) is 17.8 Å². The smallest absolute Gasteiger partial charge is 0.227 e. The molecule has 2 aliphatic rings. The van der Waals surface area contributed by atoms with Gasteiger partial charge in [-0.15, -0.1) is 0 Å². The van der Waals surface area contributed by atoms with Crippen molar-refractivity contribution in [2.75, 3.05) is 5.32 Å². The summed E-state index contributed by atoms with van der Waals surface area (Å²) < 4.78 is 0. The molecule has 2 nitrogen and oxygen atoms in total. The van der Waals surface area contributed by atoms with Gasteiger partial charge < -0.3 is 5.32 Å². The maximum absolute atomic E-state index is 12.4. The Bertz CT molecular complexity index is 462. The van der Waals surface area contributed by atoms with Gasteiger partial charge in [-0.2, -0.15) is 0 Å². The predicted octanol–water partition coefficient (Wildman–Crippen LogP) is 3.80. The zero-order valence-electron chi connectivity index (χ0n) is 11.9. The summed E-state index contributed by atoms with van der Waals surface area (Å²) >= 11 is 0. The summed E-state index contributed by atoms with van der Waals surface area (Å²) in [5.74, 6) is 2.24. The maximum atomic E-state index is 12.4. The summed E-state index contributed by atoms with van der Waals surface area (Å²) in [6.45, 7) is 4.30. The van der Waals surface area contributed by atoms with Crippen LogP contribution in [0.15, 0.2) is 18.2 Å². The van der Waals surface area contributed by atoms with E-state index in [0.29, 0.717) is 0 Å². The molecule has 2 atom stereocenters. The van der Waals surface area contributed by atoms with E-state index >= 15 is 0 Å². The van der Waals surface area contributed by atoms with Crippen LogP contribution >= 0.6 is 0 Å². The van der Waals surface area contributed by atoms with Crippen molar-refractivity contribution in [1.82, 2.24) is 0 Å². The Balaban J connectivity index is 1.76. The van der Waals surface area contributed by atoms with Crippen molar-refractivity contribution >= 4 is 11.6 Å². The highest BCUT2D eigenvalue weighted by Crippen LogP contribution is 2.54. The summed E-state index contributed by atoms with van der Waals surface area (Å²) in [6, 6.07) is 6.35. The first-order valence-corrected chi connectivity index (χ1v) is 7.64. The Hall–Kier alpha value is -1.31. The van der Waals surface area contributed by atoms with Gasteiger partial charge in [-0.3, -0.25) is 4.79 Å². The van der Waals surface area contributed by atoms with Gasteiger partial charge in [-0.05, 0) is 55.1 Å². The lowest BCUT2D eigenvalue weighted by atomic mass is 9.99. The van der Waals surface area contributed by atoms with Gasteiger partial charge in [-0.1, -0.05) is 32.0 Å².